The third-order valence-electron chi connectivity index (χ3n) is 3.85. The van der Waals surface area contributed by atoms with E-state index in [0.29, 0.717) is 5.82 Å². The maximum atomic E-state index is 6.35. The first-order valence-electron chi connectivity index (χ1n) is 6.88. The molecule has 104 valence electrons. The molecule has 3 aromatic heterocycles. The number of fused-ring (bicyclic) bond motifs is 3. The van der Waals surface area contributed by atoms with Gasteiger partial charge in [-0.15, -0.1) is 11.3 Å². The molecule has 4 rings (SSSR count). The van der Waals surface area contributed by atoms with Crippen LogP contribution in [0.3, 0.4) is 0 Å². The van der Waals surface area contributed by atoms with Gasteiger partial charge in [-0.3, -0.25) is 4.40 Å². The van der Waals surface area contributed by atoms with E-state index in [1.54, 1.807) is 11.3 Å². The molecule has 1 aromatic carbocycles. The normalized spacial score (nSPS) is 11.5. The number of aromatic nitrogens is 2. The number of nitrogens with zero attached hydrogens (tertiary/aromatic N) is 2. The van der Waals surface area contributed by atoms with Gasteiger partial charge < -0.3 is 5.73 Å². The predicted molar refractivity (Wildman–Crippen MR) is 89.9 cm³/mol. The van der Waals surface area contributed by atoms with Crippen molar-refractivity contribution in [2.24, 2.45) is 0 Å². The van der Waals surface area contributed by atoms with Crippen molar-refractivity contribution in [1.82, 2.24) is 9.38 Å². The molecule has 0 fully saturated rings. The number of hydrogen-bond acceptors (Lipinski definition) is 3. The van der Waals surface area contributed by atoms with Gasteiger partial charge in [0.05, 0.1) is 0 Å². The molecule has 0 spiro atoms. The summed E-state index contributed by atoms with van der Waals surface area (Å²) in [6, 6.07) is 12.5. The lowest BCUT2D eigenvalue weighted by molar-refractivity contribution is 1.21. The summed E-state index contributed by atoms with van der Waals surface area (Å²) in [6.07, 6.45) is 2.00. The molecular weight excluding hydrogens is 278 g/mol. The number of rotatable bonds is 1. The van der Waals surface area contributed by atoms with Crippen LogP contribution in [-0.2, 0) is 0 Å². The van der Waals surface area contributed by atoms with Gasteiger partial charge in [0.15, 0.2) is 0 Å². The summed E-state index contributed by atoms with van der Waals surface area (Å²) in [5.74, 6) is 0.705. The zero-order chi connectivity index (χ0) is 14.6. The summed E-state index contributed by atoms with van der Waals surface area (Å²) in [5.41, 5.74) is 9.29. The molecule has 4 aromatic rings. The van der Waals surface area contributed by atoms with Crippen LogP contribution in [0, 0.1) is 13.8 Å². The molecule has 0 atom stereocenters. The number of pyridine rings is 1. The van der Waals surface area contributed by atoms with E-state index in [4.69, 9.17) is 10.7 Å². The molecule has 0 amide bonds. The molecule has 3 heterocycles. The maximum absolute atomic E-state index is 6.35. The second kappa shape index (κ2) is 4.33. The number of anilines is 1. The second-order valence-corrected chi connectivity index (χ2v) is 6.73. The highest BCUT2D eigenvalue weighted by Gasteiger charge is 2.16. The molecule has 0 unspecified atom stereocenters. The molecule has 0 aliphatic heterocycles. The topological polar surface area (TPSA) is 43.3 Å². The molecule has 0 aliphatic carbocycles. The molecule has 2 N–H and O–H groups in total. The summed E-state index contributed by atoms with van der Waals surface area (Å²) >= 11 is 1.78. The van der Waals surface area contributed by atoms with Crippen molar-refractivity contribution < 1.29 is 0 Å². The predicted octanol–water partition coefficient (Wildman–Crippen LogP) is 4.42. The Balaban J connectivity index is 2.10. The fourth-order valence-electron chi connectivity index (χ4n) is 2.85. The van der Waals surface area contributed by atoms with E-state index < -0.39 is 0 Å². The monoisotopic (exact) mass is 293 g/mol. The number of benzene rings is 1. The molecule has 0 bridgehead atoms. The lowest BCUT2D eigenvalue weighted by atomic mass is 10.2. The van der Waals surface area contributed by atoms with Crippen LogP contribution in [-0.4, -0.2) is 9.38 Å². The summed E-state index contributed by atoms with van der Waals surface area (Å²) < 4.78 is 1.98. The van der Waals surface area contributed by atoms with E-state index in [2.05, 4.69) is 38.1 Å². The van der Waals surface area contributed by atoms with Gasteiger partial charge in [0.1, 0.15) is 17.2 Å². The number of nitrogen functional groups attached to an aromatic ring is 1. The van der Waals surface area contributed by atoms with E-state index in [9.17, 15) is 0 Å². The van der Waals surface area contributed by atoms with E-state index in [-0.39, 0.29) is 0 Å². The smallest absolute Gasteiger partial charge is 0.147 e. The minimum atomic E-state index is 0.705. The van der Waals surface area contributed by atoms with Crippen molar-refractivity contribution in [2.75, 3.05) is 5.73 Å². The lowest BCUT2D eigenvalue weighted by Gasteiger charge is -2.01. The van der Waals surface area contributed by atoms with Gasteiger partial charge in [-0.05, 0) is 31.4 Å². The standard InChI is InChI=1S/C17H15N3S/c1-10-9-14(11(2)21-10)15-16(18)20-8-7-12-5-3-4-6-13(12)17(20)19-15/h3-9H,18H2,1-2H3. The average Bonchev–Trinajstić information content (AvgIpc) is 2.99. The number of nitrogens with two attached hydrogens (primary N) is 1. The zero-order valence-electron chi connectivity index (χ0n) is 11.9. The van der Waals surface area contributed by atoms with Crippen molar-refractivity contribution in [3.63, 3.8) is 0 Å². The Kier molecular flexibility index (Phi) is 2.56. The molecule has 0 saturated heterocycles. The van der Waals surface area contributed by atoms with E-state index in [1.165, 1.54) is 15.1 Å². The van der Waals surface area contributed by atoms with Gasteiger partial charge in [-0.25, -0.2) is 4.98 Å². The molecule has 0 saturated carbocycles. The third kappa shape index (κ3) is 1.76. The second-order valence-electron chi connectivity index (χ2n) is 5.27. The summed E-state index contributed by atoms with van der Waals surface area (Å²) in [4.78, 5) is 7.37. The van der Waals surface area contributed by atoms with E-state index >= 15 is 0 Å². The van der Waals surface area contributed by atoms with Gasteiger partial charge in [-0.2, -0.15) is 0 Å². The SMILES string of the molecule is Cc1cc(-c2nc3c4ccccc4ccn3c2N)c(C)s1. The molecule has 4 heteroatoms. The first-order chi connectivity index (χ1) is 10.1. The van der Waals surface area contributed by atoms with Crippen LogP contribution in [0.4, 0.5) is 5.82 Å². The fraction of sp³-hybridized carbons (Fsp3) is 0.118. The van der Waals surface area contributed by atoms with Crippen molar-refractivity contribution in [2.45, 2.75) is 13.8 Å². The van der Waals surface area contributed by atoms with Crippen molar-refractivity contribution in [1.29, 1.82) is 0 Å². The van der Waals surface area contributed by atoms with Crippen LogP contribution >= 0.6 is 11.3 Å². The summed E-state index contributed by atoms with van der Waals surface area (Å²) in [7, 11) is 0. The largest absolute Gasteiger partial charge is 0.383 e. The fourth-order valence-corrected chi connectivity index (χ4v) is 3.78. The first kappa shape index (κ1) is 12.4. The van der Waals surface area contributed by atoms with Crippen LogP contribution in [0.25, 0.3) is 27.7 Å². The van der Waals surface area contributed by atoms with E-state index in [0.717, 1.165) is 22.3 Å². The highest BCUT2D eigenvalue weighted by Crippen LogP contribution is 2.35. The average molecular weight is 293 g/mol. The van der Waals surface area contributed by atoms with Crippen LogP contribution in [0.15, 0.2) is 42.6 Å². The molecule has 21 heavy (non-hydrogen) atoms. The van der Waals surface area contributed by atoms with Crippen LogP contribution in [0.2, 0.25) is 0 Å². The Morgan fingerprint density at radius 3 is 2.71 bits per heavy atom. The molecule has 3 nitrogen and oxygen atoms in total. The lowest BCUT2D eigenvalue weighted by Crippen LogP contribution is -1.94. The van der Waals surface area contributed by atoms with Crippen LogP contribution in [0.1, 0.15) is 9.75 Å². The Hall–Kier alpha value is -2.33. The van der Waals surface area contributed by atoms with Gasteiger partial charge in [0.25, 0.3) is 0 Å². The van der Waals surface area contributed by atoms with Gasteiger partial charge >= 0.3 is 0 Å². The van der Waals surface area contributed by atoms with Crippen LogP contribution < -0.4 is 5.73 Å². The maximum Gasteiger partial charge on any atom is 0.147 e. The number of imidazole rings is 1. The van der Waals surface area contributed by atoms with Crippen molar-refractivity contribution >= 4 is 33.6 Å². The number of hydrogen-bond donors (Lipinski definition) is 1. The third-order valence-corrected chi connectivity index (χ3v) is 4.81. The quantitative estimate of drug-likeness (QED) is 0.564. The Morgan fingerprint density at radius 2 is 1.95 bits per heavy atom. The molecular formula is C17H15N3S. The summed E-state index contributed by atoms with van der Waals surface area (Å²) in [6.45, 7) is 4.23. The highest BCUT2D eigenvalue weighted by atomic mass is 32.1. The Labute approximate surface area is 126 Å². The Morgan fingerprint density at radius 1 is 1.14 bits per heavy atom. The molecule has 0 aliphatic rings. The van der Waals surface area contributed by atoms with Gasteiger partial charge in [0, 0.05) is 26.9 Å². The summed E-state index contributed by atoms with van der Waals surface area (Å²) in [5, 5.41) is 2.31. The minimum Gasteiger partial charge on any atom is -0.383 e. The molecule has 0 radical (unpaired) electrons. The van der Waals surface area contributed by atoms with Gasteiger partial charge in [0.2, 0.25) is 0 Å². The van der Waals surface area contributed by atoms with Crippen molar-refractivity contribution in [3.05, 3.63) is 52.3 Å². The number of thiophene rings is 1. The minimum absolute atomic E-state index is 0.705. The van der Waals surface area contributed by atoms with Gasteiger partial charge in [-0.1, -0.05) is 24.3 Å². The Bertz CT molecular complexity index is 978. The van der Waals surface area contributed by atoms with Crippen LogP contribution in [0.5, 0.6) is 0 Å². The number of aryl methyl sites for hydroxylation is 2. The van der Waals surface area contributed by atoms with E-state index in [1.807, 2.05) is 22.7 Å². The first-order valence-corrected chi connectivity index (χ1v) is 7.69. The van der Waals surface area contributed by atoms with Crippen molar-refractivity contribution in [3.8, 4) is 11.3 Å². The highest BCUT2D eigenvalue weighted by molar-refractivity contribution is 7.12. The zero-order valence-corrected chi connectivity index (χ0v) is 12.7.